The van der Waals surface area contributed by atoms with Gasteiger partial charge in [-0.2, -0.15) is 9.78 Å². The Hall–Kier alpha value is -1.85. The van der Waals surface area contributed by atoms with E-state index in [1.807, 2.05) is 31.2 Å². The summed E-state index contributed by atoms with van der Waals surface area (Å²) < 4.78 is 6.77. The van der Waals surface area contributed by atoms with Crippen molar-refractivity contribution < 1.29 is 4.74 Å². The highest BCUT2D eigenvalue weighted by Gasteiger charge is 2.15. The van der Waals surface area contributed by atoms with Crippen LogP contribution in [0.2, 0.25) is 5.02 Å². The van der Waals surface area contributed by atoms with E-state index in [4.69, 9.17) is 16.3 Å². The number of ether oxygens (including phenoxy) is 1. The molecule has 5 nitrogen and oxygen atoms in total. The lowest BCUT2D eigenvalue weighted by atomic mass is 10.0. The van der Waals surface area contributed by atoms with Crippen LogP contribution in [0.5, 0.6) is 0 Å². The number of hydrogen-bond donors (Lipinski definition) is 1. The van der Waals surface area contributed by atoms with Gasteiger partial charge in [0.25, 0.3) is 5.56 Å². The molecular formula is C17H20ClN3O2. The predicted molar refractivity (Wildman–Crippen MR) is 91.6 cm³/mol. The molecule has 122 valence electrons. The number of aromatic nitrogens is 2. The second kappa shape index (κ2) is 7.15. The molecule has 1 N–H and O–H groups in total. The first kappa shape index (κ1) is 16.0. The summed E-state index contributed by atoms with van der Waals surface area (Å²) in [5, 5.41) is 7.62. The highest BCUT2D eigenvalue weighted by atomic mass is 35.5. The minimum absolute atomic E-state index is 0.164. The van der Waals surface area contributed by atoms with Crippen LogP contribution in [-0.2, 0) is 4.74 Å². The van der Waals surface area contributed by atoms with E-state index >= 15 is 0 Å². The number of halogens is 1. The van der Waals surface area contributed by atoms with Crippen molar-refractivity contribution in [1.29, 1.82) is 0 Å². The quantitative estimate of drug-likeness (QED) is 0.934. The van der Waals surface area contributed by atoms with Crippen molar-refractivity contribution in [2.45, 2.75) is 19.8 Å². The first-order valence-electron chi connectivity index (χ1n) is 7.81. The average Bonchev–Trinajstić information content (AvgIpc) is 2.58. The van der Waals surface area contributed by atoms with E-state index < -0.39 is 0 Å². The summed E-state index contributed by atoms with van der Waals surface area (Å²) in [6.45, 7) is 4.31. The lowest BCUT2D eigenvalue weighted by Gasteiger charge is -2.22. The van der Waals surface area contributed by atoms with Crippen molar-refractivity contribution in [2.75, 3.05) is 25.1 Å². The lowest BCUT2D eigenvalue weighted by molar-refractivity contribution is 0.0595. The van der Waals surface area contributed by atoms with Crippen LogP contribution in [0.1, 0.15) is 18.4 Å². The van der Waals surface area contributed by atoms with Crippen molar-refractivity contribution in [3.05, 3.63) is 51.4 Å². The molecule has 1 saturated heterocycles. The van der Waals surface area contributed by atoms with Crippen LogP contribution in [-0.4, -0.2) is 29.5 Å². The average molecular weight is 334 g/mol. The number of hydrogen-bond acceptors (Lipinski definition) is 4. The molecule has 1 atom stereocenters. The van der Waals surface area contributed by atoms with Gasteiger partial charge in [0.05, 0.1) is 24.2 Å². The summed E-state index contributed by atoms with van der Waals surface area (Å²) in [6, 6.07) is 7.58. The van der Waals surface area contributed by atoms with Crippen LogP contribution in [0, 0.1) is 12.8 Å². The monoisotopic (exact) mass is 333 g/mol. The molecule has 6 heteroatoms. The summed E-state index contributed by atoms with van der Waals surface area (Å²) in [7, 11) is 0. The zero-order valence-corrected chi connectivity index (χ0v) is 13.8. The second-order valence-electron chi connectivity index (χ2n) is 5.89. The van der Waals surface area contributed by atoms with Crippen LogP contribution in [0.25, 0.3) is 5.69 Å². The van der Waals surface area contributed by atoms with Gasteiger partial charge in [-0.3, -0.25) is 4.79 Å². The normalized spacial score (nSPS) is 17.9. The Morgan fingerprint density at radius 3 is 2.87 bits per heavy atom. The van der Waals surface area contributed by atoms with E-state index in [2.05, 4.69) is 10.4 Å². The fourth-order valence-electron chi connectivity index (χ4n) is 2.65. The van der Waals surface area contributed by atoms with E-state index in [0.29, 0.717) is 17.3 Å². The predicted octanol–water partition coefficient (Wildman–Crippen LogP) is 3.03. The van der Waals surface area contributed by atoms with Gasteiger partial charge in [0.2, 0.25) is 0 Å². The zero-order valence-electron chi connectivity index (χ0n) is 13.1. The molecule has 1 fully saturated rings. The van der Waals surface area contributed by atoms with E-state index in [1.54, 1.807) is 6.20 Å². The Balaban J connectivity index is 1.77. The third-order valence-corrected chi connectivity index (χ3v) is 4.40. The lowest BCUT2D eigenvalue weighted by Crippen LogP contribution is -2.26. The molecule has 0 radical (unpaired) electrons. The van der Waals surface area contributed by atoms with Gasteiger partial charge in [0, 0.05) is 13.2 Å². The van der Waals surface area contributed by atoms with Gasteiger partial charge in [-0.1, -0.05) is 29.3 Å². The van der Waals surface area contributed by atoms with Crippen LogP contribution in [0.15, 0.2) is 35.3 Å². The molecule has 0 bridgehead atoms. The van der Waals surface area contributed by atoms with Crippen molar-refractivity contribution in [2.24, 2.45) is 5.92 Å². The van der Waals surface area contributed by atoms with E-state index in [-0.39, 0.29) is 10.6 Å². The molecule has 1 aromatic heterocycles. The first-order valence-corrected chi connectivity index (χ1v) is 8.19. The molecule has 1 aliphatic rings. The number of nitrogens with zero attached hydrogens (tertiary/aromatic N) is 2. The number of nitrogens with one attached hydrogen (secondary N) is 1. The SMILES string of the molecule is Cc1ccc(-n2ncc(NC[C@@H]3CCCOC3)c(Cl)c2=O)cc1. The Morgan fingerprint density at radius 1 is 1.39 bits per heavy atom. The maximum absolute atomic E-state index is 12.4. The summed E-state index contributed by atoms with van der Waals surface area (Å²) in [6.07, 6.45) is 3.80. The number of anilines is 1. The van der Waals surface area contributed by atoms with Crippen molar-refractivity contribution >= 4 is 17.3 Å². The summed E-state index contributed by atoms with van der Waals surface area (Å²) in [4.78, 5) is 12.4. The Bertz CT molecular complexity index is 722. The van der Waals surface area contributed by atoms with Gasteiger partial charge >= 0.3 is 0 Å². The standard InChI is InChI=1S/C17H20ClN3O2/c1-12-4-6-14(7-5-12)21-17(22)16(18)15(10-20-21)19-9-13-3-2-8-23-11-13/h4-7,10,13,19H,2-3,8-9,11H2,1H3/t13-/m0/s1. The molecule has 23 heavy (non-hydrogen) atoms. The molecule has 0 saturated carbocycles. The molecule has 1 aliphatic heterocycles. The number of benzene rings is 1. The second-order valence-corrected chi connectivity index (χ2v) is 6.27. The van der Waals surface area contributed by atoms with Gasteiger partial charge in [-0.15, -0.1) is 0 Å². The third-order valence-electron chi connectivity index (χ3n) is 4.03. The minimum atomic E-state index is -0.319. The smallest absolute Gasteiger partial charge is 0.292 e. The third kappa shape index (κ3) is 3.74. The molecule has 0 spiro atoms. The summed E-state index contributed by atoms with van der Waals surface area (Å²) in [5.41, 5.74) is 2.08. The first-order chi connectivity index (χ1) is 11.1. The number of rotatable bonds is 4. The largest absolute Gasteiger partial charge is 0.382 e. The molecule has 1 aromatic carbocycles. The van der Waals surface area contributed by atoms with Crippen LogP contribution >= 0.6 is 11.6 Å². The van der Waals surface area contributed by atoms with Gasteiger partial charge in [0.1, 0.15) is 5.02 Å². The van der Waals surface area contributed by atoms with Gasteiger partial charge in [0.15, 0.2) is 0 Å². The summed E-state index contributed by atoms with van der Waals surface area (Å²) in [5.74, 6) is 0.444. The highest BCUT2D eigenvalue weighted by Crippen LogP contribution is 2.19. The minimum Gasteiger partial charge on any atom is -0.382 e. The molecule has 2 heterocycles. The van der Waals surface area contributed by atoms with Crippen molar-refractivity contribution in [3.63, 3.8) is 0 Å². The molecule has 3 rings (SSSR count). The van der Waals surface area contributed by atoms with Crippen molar-refractivity contribution in [1.82, 2.24) is 9.78 Å². The van der Waals surface area contributed by atoms with Gasteiger partial charge < -0.3 is 10.1 Å². The Kier molecular flexibility index (Phi) is 4.98. The van der Waals surface area contributed by atoms with Crippen LogP contribution in [0.3, 0.4) is 0 Å². The molecule has 2 aromatic rings. The molecule has 0 unspecified atom stereocenters. The maximum atomic E-state index is 12.4. The Labute approximate surface area is 140 Å². The van der Waals surface area contributed by atoms with E-state index in [1.165, 1.54) is 4.68 Å². The molecule has 0 amide bonds. The van der Waals surface area contributed by atoms with E-state index in [0.717, 1.165) is 38.2 Å². The van der Waals surface area contributed by atoms with Gasteiger partial charge in [-0.25, -0.2) is 0 Å². The fourth-order valence-corrected chi connectivity index (χ4v) is 2.84. The summed E-state index contributed by atoms with van der Waals surface area (Å²) >= 11 is 6.23. The van der Waals surface area contributed by atoms with Crippen molar-refractivity contribution in [3.8, 4) is 5.69 Å². The molecule has 0 aliphatic carbocycles. The maximum Gasteiger partial charge on any atom is 0.292 e. The number of aryl methyl sites for hydroxylation is 1. The highest BCUT2D eigenvalue weighted by molar-refractivity contribution is 6.32. The topological polar surface area (TPSA) is 56.1 Å². The van der Waals surface area contributed by atoms with Gasteiger partial charge in [-0.05, 0) is 37.8 Å². The van der Waals surface area contributed by atoms with E-state index in [9.17, 15) is 4.79 Å². The Morgan fingerprint density at radius 2 is 2.17 bits per heavy atom. The van der Waals surface area contributed by atoms with Crippen LogP contribution < -0.4 is 10.9 Å². The molecular weight excluding hydrogens is 314 g/mol. The fraction of sp³-hybridized carbons (Fsp3) is 0.412. The van der Waals surface area contributed by atoms with Crippen LogP contribution in [0.4, 0.5) is 5.69 Å². The zero-order chi connectivity index (χ0) is 16.2.